The first kappa shape index (κ1) is 20.1. The molecule has 1 N–H and O–H groups in total. The van der Waals surface area contributed by atoms with Crippen molar-refractivity contribution in [2.24, 2.45) is 10.9 Å². The quantitative estimate of drug-likeness (QED) is 0.768. The number of esters is 1. The third-order valence-corrected chi connectivity index (χ3v) is 7.03. The van der Waals surface area contributed by atoms with Crippen LogP contribution in [0.1, 0.15) is 60.2 Å². The molecule has 3 aliphatic heterocycles. The number of rotatable bonds is 3. The van der Waals surface area contributed by atoms with E-state index in [1.807, 2.05) is 6.92 Å². The Kier molecular flexibility index (Phi) is 4.45. The van der Waals surface area contributed by atoms with E-state index in [1.165, 1.54) is 6.07 Å². The summed E-state index contributed by atoms with van der Waals surface area (Å²) in [6, 6.07) is 3.19. The van der Waals surface area contributed by atoms with Gasteiger partial charge in [0.1, 0.15) is 12.4 Å². The van der Waals surface area contributed by atoms with Gasteiger partial charge in [0, 0.05) is 24.1 Å². The van der Waals surface area contributed by atoms with E-state index in [0.717, 1.165) is 29.7 Å². The largest absolute Gasteiger partial charge is 0.458 e. The van der Waals surface area contributed by atoms with Gasteiger partial charge in [0.2, 0.25) is 0 Å². The third kappa shape index (κ3) is 2.69. The highest BCUT2D eigenvalue weighted by Crippen LogP contribution is 2.41. The van der Waals surface area contributed by atoms with Crippen molar-refractivity contribution in [3.05, 3.63) is 61.8 Å². The van der Waals surface area contributed by atoms with Gasteiger partial charge < -0.3 is 14.4 Å². The molecule has 7 heteroatoms. The van der Waals surface area contributed by atoms with E-state index in [2.05, 4.69) is 6.92 Å². The molecule has 2 atom stereocenters. The minimum atomic E-state index is -1.84. The van der Waals surface area contributed by atoms with Gasteiger partial charge in [-0.1, -0.05) is 20.3 Å². The van der Waals surface area contributed by atoms with Crippen molar-refractivity contribution in [3.8, 4) is 0 Å². The number of benzene rings is 1. The number of cyclic esters (lactones) is 1. The molecule has 2 aromatic rings. The number of ether oxygens (including phenoxy) is 1. The predicted octanol–water partition coefficient (Wildman–Crippen LogP) is 3.21. The van der Waals surface area contributed by atoms with Crippen molar-refractivity contribution in [2.45, 2.75) is 65.2 Å². The summed E-state index contributed by atoms with van der Waals surface area (Å²) in [5.41, 5.74) is 3.19. The van der Waals surface area contributed by atoms with Gasteiger partial charge in [0.25, 0.3) is 5.56 Å². The normalized spacial score (nSPS) is 23.5. The maximum absolute atomic E-state index is 14.6. The number of hydrogen-bond donors (Lipinski definition) is 1. The SMILES string of the molecule is CCCc1c(C)c(F)cc2c1CC1Cn3c(cc4c(c3=O)COC(=O)[C@]4(O)CC)C1=N2. The number of nitrogens with zero attached hydrogens (tertiary/aromatic N) is 2. The van der Waals surface area contributed by atoms with E-state index in [4.69, 9.17) is 9.73 Å². The first-order valence-corrected chi connectivity index (χ1v) is 10.9. The topological polar surface area (TPSA) is 80.9 Å². The molecule has 1 aromatic carbocycles. The molecule has 0 aliphatic carbocycles. The molecular weight excluding hydrogens is 399 g/mol. The predicted molar refractivity (Wildman–Crippen MR) is 113 cm³/mol. The number of carbonyl (C=O) groups excluding carboxylic acids is 1. The molecule has 0 spiro atoms. The Morgan fingerprint density at radius 1 is 1.29 bits per heavy atom. The molecule has 3 aliphatic rings. The second-order valence-electron chi connectivity index (χ2n) is 8.74. The zero-order valence-electron chi connectivity index (χ0n) is 17.9. The number of fused-ring (bicyclic) bond motifs is 5. The molecule has 31 heavy (non-hydrogen) atoms. The standard InChI is InChI=1S/C24H25FN2O4/c1-4-6-14-12(3)18(25)9-19-15(14)7-13-10-27-20(21(13)26-19)8-17-16(22(27)28)11-31-23(29)24(17,30)5-2/h8-9,13,30H,4-7,10-11H2,1-3H3/t13?,24-/m0/s1. The number of aromatic nitrogens is 1. The fraction of sp³-hybridized carbons (Fsp3) is 0.458. The Morgan fingerprint density at radius 3 is 2.77 bits per heavy atom. The second-order valence-corrected chi connectivity index (χ2v) is 8.74. The number of halogens is 1. The van der Waals surface area contributed by atoms with Crippen molar-refractivity contribution in [2.75, 3.05) is 0 Å². The summed E-state index contributed by atoms with van der Waals surface area (Å²) in [6.45, 7) is 5.89. The number of pyridine rings is 1. The van der Waals surface area contributed by atoms with Crippen LogP contribution in [-0.2, 0) is 41.1 Å². The van der Waals surface area contributed by atoms with Crippen molar-refractivity contribution < 1.29 is 19.0 Å². The van der Waals surface area contributed by atoms with Gasteiger partial charge in [-0.15, -0.1) is 0 Å². The Morgan fingerprint density at radius 2 is 2.06 bits per heavy atom. The average molecular weight is 424 g/mol. The molecule has 6 nitrogen and oxygen atoms in total. The van der Waals surface area contributed by atoms with Gasteiger partial charge in [-0.3, -0.25) is 9.79 Å². The Labute approximate surface area is 179 Å². The second kappa shape index (κ2) is 6.85. The molecular formula is C24H25FN2O4. The molecule has 4 heterocycles. The number of aliphatic hydroxyl groups is 1. The van der Waals surface area contributed by atoms with Crippen molar-refractivity contribution in [3.63, 3.8) is 0 Å². The molecule has 0 saturated heterocycles. The lowest BCUT2D eigenvalue weighted by atomic mass is 9.84. The molecule has 162 valence electrons. The van der Waals surface area contributed by atoms with Crippen LogP contribution in [0.5, 0.6) is 0 Å². The highest BCUT2D eigenvalue weighted by atomic mass is 19.1. The first-order chi connectivity index (χ1) is 14.8. The van der Waals surface area contributed by atoms with Crippen LogP contribution in [0.15, 0.2) is 21.9 Å². The highest BCUT2D eigenvalue weighted by molar-refractivity contribution is 6.06. The molecule has 0 radical (unpaired) electrons. The molecule has 1 aromatic heterocycles. The van der Waals surface area contributed by atoms with Gasteiger partial charge in [0.15, 0.2) is 5.60 Å². The smallest absolute Gasteiger partial charge is 0.343 e. The lowest BCUT2D eigenvalue weighted by Gasteiger charge is -2.31. The molecule has 5 rings (SSSR count). The summed E-state index contributed by atoms with van der Waals surface area (Å²) < 4.78 is 21.4. The molecule has 0 bridgehead atoms. The van der Waals surface area contributed by atoms with Crippen LogP contribution in [0.2, 0.25) is 0 Å². The summed E-state index contributed by atoms with van der Waals surface area (Å²) >= 11 is 0. The zero-order chi connectivity index (χ0) is 22.1. The number of aliphatic imine (C=N–C) groups is 1. The minimum Gasteiger partial charge on any atom is -0.458 e. The lowest BCUT2D eigenvalue weighted by molar-refractivity contribution is -0.172. The monoisotopic (exact) mass is 424 g/mol. The minimum absolute atomic E-state index is 0.00383. The van der Waals surface area contributed by atoms with Crippen molar-refractivity contribution in [1.29, 1.82) is 0 Å². The fourth-order valence-electron chi connectivity index (χ4n) is 5.25. The van der Waals surface area contributed by atoms with E-state index in [0.29, 0.717) is 41.0 Å². The summed E-state index contributed by atoms with van der Waals surface area (Å²) in [7, 11) is 0. The van der Waals surface area contributed by atoms with E-state index >= 15 is 0 Å². The summed E-state index contributed by atoms with van der Waals surface area (Å²) in [5, 5.41) is 11.0. The summed E-state index contributed by atoms with van der Waals surface area (Å²) in [5.74, 6) is -1.01. The van der Waals surface area contributed by atoms with E-state index in [1.54, 1.807) is 17.6 Å². The van der Waals surface area contributed by atoms with Gasteiger partial charge in [-0.2, -0.15) is 0 Å². The van der Waals surface area contributed by atoms with Gasteiger partial charge in [-0.25, -0.2) is 9.18 Å². The summed E-state index contributed by atoms with van der Waals surface area (Å²) in [6.07, 6.45) is 2.48. The van der Waals surface area contributed by atoms with E-state index in [-0.39, 0.29) is 30.3 Å². The highest BCUT2D eigenvalue weighted by Gasteiger charge is 2.46. The lowest BCUT2D eigenvalue weighted by Crippen LogP contribution is -2.44. The molecule has 0 saturated carbocycles. The summed E-state index contributed by atoms with van der Waals surface area (Å²) in [4.78, 5) is 30.3. The Hall–Kier alpha value is -2.80. The number of hydrogen-bond acceptors (Lipinski definition) is 5. The average Bonchev–Trinajstić information content (AvgIpc) is 3.11. The van der Waals surface area contributed by atoms with Gasteiger partial charge in [-0.05, 0) is 48.9 Å². The fourth-order valence-corrected chi connectivity index (χ4v) is 5.25. The number of carbonyl (C=O) groups is 1. The van der Waals surface area contributed by atoms with Crippen LogP contribution >= 0.6 is 0 Å². The molecule has 1 unspecified atom stereocenters. The molecule has 0 amide bonds. The maximum Gasteiger partial charge on any atom is 0.343 e. The molecule has 0 fully saturated rings. The maximum atomic E-state index is 14.6. The van der Waals surface area contributed by atoms with Crippen molar-refractivity contribution in [1.82, 2.24) is 4.57 Å². The van der Waals surface area contributed by atoms with Crippen LogP contribution in [0.4, 0.5) is 10.1 Å². The van der Waals surface area contributed by atoms with E-state index in [9.17, 15) is 19.1 Å². The third-order valence-electron chi connectivity index (χ3n) is 7.03. The van der Waals surface area contributed by atoms with Crippen LogP contribution in [-0.4, -0.2) is 21.4 Å². The van der Waals surface area contributed by atoms with Gasteiger partial charge in [0.05, 0.1) is 22.7 Å². The van der Waals surface area contributed by atoms with Crippen molar-refractivity contribution >= 4 is 17.4 Å². The Bertz CT molecular complexity index is 1230. The van der Waals surface area contributed by atoms with Crippen LogP contribution in [0, 0.1) is 18.7 Å². The van der Waals surface area contributed by atoms with Gasteiger partial charge >= 0.3 is 5.97 Å². The zero-order valence-corrected chi connectivity index (χ0v) is 17.9. The Balaban J connectivity index is 1.71. The van der Waals surface area contributed by atoms with E-state index < -0.39 is 11.6 Å². The van der Waals surface area contributed by atoms with Crippen LogP contribution in [0.25, 0.3) is 0 Å². The van der Waals surface area contributed by atoms with Crippen LogP contribution < -0.4 is 5.56 Å². The first-order valence-electron chi connectivity index (χ1n) is 10.9. The van der Waals surface area contributed by atoms with Crippen LogP contribution in [0.3, 0.4) is 0 Å².